The molecule has 1 fully saturated rings. The van der Waals surface area contributed by atoms with E-state index in [1.54, 1.807) is 12.1 Å². The minimum absolute atomic E-state index is 0.0352. The molecule has 0 radical (unpaired) electrons. The molecule has 0 aliphatic carbocycles. The van der Waals surface area contributed by atoms with Gasteiger partial charge in [-0.25, -0.2) is 27.0 Å². The SMILES string of the molecule is O=C(N1CC(S(=O)(=O)c2ccc(Br)cc2)C1)N1N=CCC1c1cc(F)cc(F)c1. The Kier molecular flexibility index (Phi) is 5.16. The van der Waals surface area contributed by atoms with Crippen molar-refractivity contribution in [3.63, 3.8) is 0 Å². The van der Waals surface area contributed by atoms with Crippen molar-refractivity contribution in [1.82, 2.24) is 9.91 Å². The van der Waals surface area contributed by atoms with Gasteiger partial charge in [-0.1, -0.05) is 15.9 Å². The van der Waals surface area contributed by atoms with Crippen LogP contribution in [0.4, 0.5) is 13.6 Å². The van der Waals surface area contributed by atoms with Gasteiger partial charge in [-0.05, 0) is 42.0 Å². The van der Waals surface area contributed by atoms with Crippen LogP contribution in [-0.4, -0.2) is 48.9 Å². The number of amides is 2. The van der Waals surface area contributed by atoms with E-state index in [1.807, 2.05) is 0 Å². The molecular weight excluding hydrogens is 468 g/mol. The van der Waals surface area contributed by atoms with Gasteiger partial charge >= 0.3 is 6.03 Å². The molecule has 2 heterocycles. The maximum atomic E-state index is 13.5. The van der Waals surface area contributed by atoms with Crippen molar-refractivity contribution in [3.8, 4) is 0 Å². The summed E-state index contributed by atoms with van der Waals surface area (Å²) in [6.07, 6.45) is 1.82. The minimum atomic E-state index is -3.56. The first kappa shape index (κ1) is 20.0. The van der Waals surface area contributed by atoms with E-state index in [4.69, 9.17) is 0 Å². The molecule has 0 spiro atoms. The average molecular weight is 484 g/mol. The number of halogens is 3. The number of sulfone groups is 1. The normalized spacial score (nSPS) is 19.5. The summed E-state index contributed by atoms with van der Waals surface area (Å²) in [7, 11) is -3.56. The van der Waals surface area contributed by atoms with E-state index in [-0.39, 0.29) is 18.0 Å². The number of nitrogens with zero attached hydrogens (tertiary/aromatic N) is 3. The number of benzene rings is 2. The van der Waals surface area contributed by atoms with Gasteiger partial charge in [-0.3, -0.25) is 0 Å². The highest BCUT2D eigenvalue weighted by Gasteiger charge is 2.43. The van der Waals surface area contributed by atoms with Crippen LogP contribution in [0.3, 0.4) is 0 Å². The van der Waals surface area contributed by atoms with Crippen LogP contribution in [0.15, 0.2) is 56.9 Å². The Balaban J connectivity index is 1.46. The summed E-state index contributed by atoms with van der Waals surface area (Å²) in [5.74, 6) is -1.46. The average Bonchev–Trinajstić information content (AvgIpc) is 3.09. The molecule has 10 heteroatoms. The van der Waals surface area contributed by atoms with Gasteiger partial charge in [0.2, 0.25) is 0 Å². The highest BCUT2D eigenvalue weighted by molar-refractivity contribution is 9.10. The zero-order chi connectivity index (χ0) is 20.8. The van der Waals surface area contributed by atoms with Crippen molar-refractivity contribution in [3.05, 3.63) is 64.1 Å². The number of hydrogen-bond donors (Lipinski definition) is 0. The van der Waals surface area contributed by atoms with E-state index in [0.29, 0.717) is 12.0 Å². The number of carbonyl (C=O) groups is 1. The van der Waals surface area contributed by atoms with Crippen LogP contribution in [0.25, 0.3) is 0 Å². The topological polar surface area (TPSA) is 70.1 Å². The Morgan fingerprint density at radius 3 is 2.31 bits per heavy atom. The standard InChI is InChI=1S/C19H16BrF2N3O3S/c20-13-1-3-16(4-2-13)29(27,28)17-10-24(11-17)19(26)25-18(5-6-23-25)12-7-14(21)9-15(22)8-12/h1-4,6-9,17-18H,5,10-11H2. The first-order chi connectivity index (χ1) is 13.8. The van der Waals surface area contributed by atoms with Gasteiger partial charge in [0.05, 0.1) is 10.9 Å². The molecule has 1 atom stereocenters. The number of rotatable bonds is 3. The van der Waals surface area contributed by atoms with Gasteiger partial charge in [0.1, 0.15) is 16.9 Å². The highest BCUT2D eigenvalue weighted by Crippen LogP contribution is 2.32. The van der Waals surface area contributed by atoms with Crippen molar-refractivity contribution in [2.24, 2.45) is 5.10 Å². The van der Waals surface area contributed by atoms with Crippen molar-refractivity contribution < 1.29 is 22.0 Å². The Labute approximate surface area is 174 Å². The molecule has 152 valence electrons. The molecule has 2 amide bonds. The maximum Gasteiger partial charge on any atom is 0.341 e. The molecule has 0 aromatic heterocycles. The molecule has 2 aliphatic rings. The monoisotopic (exact) mass is 483 g/mol. The van der Waals surface area contributed by atoms with Crippen LogP contribution in [0.2, 0.25) is 0 Å². The minimum Gasteiger partial charge on any atom is -0.320 e. The molecule has 0 bridgehead atoms. The second-order valence-electron chi connectivity index (χ2n) is 6.91. The van der Waals surface area contributed by atoms with Gasteiger partial charge in [0.15, 0.2) is 9.84 Å². The number of urea groups is 1. The fourth-order valence-electron chi connectivity index (χ4n) is 3.40. The summed E-state index contributed by atoms with van der Waals surface area (Å²) >= 11 is 3.27. The second-order valence-corrected chi connectivity index (χ2v) is 10.0. The van der Waals surface area contributed by atoms with Crippen LogP contribution in [-0.2, 0) is 9.84 Å². The molecule has 2 aromatic rings. The summed E-state index contributed by atoms with van der Waals surface area (Å²) in [4.78, 5) is 14.4. The van der Waals surface area contributed by atoms with Crippen LogP contribution >= 0.6 is 15.9 Å². The molecule has 4 rings (SSSR count). The number of carbonyl (C=O) groups excluding carboxylic acids is 1. The summed E-state index contributed by atoms with van der Waals surface area (Å²) in [6, 6.07) is 8.31. The smallest absolute Gasteiger partial charge is 0.320 e. The van der Waals surface area contributed by atoms with Gasteiger partial charge in [-0.15, -0.1) is 0 Å². The predicted octanol–water partition coefficient (Wildman–Crippen LogP) is 3.74. The van der Waals surface area contributed by atoms with E-state index >= 15 is 0 Å². The van der Waals surface area contributed by atoms with Crippen molar-refractivity contribution in [2.75, 3.05) is 13.1 Å². The quantitative estimate of drug-likeness (QED) is 0.667. The van der Waals surface area contributed by atoms with Crippen molar-refractivity contribution in [2.45, 2.75) is 22.6 Å². The lowest BCUT2D eigenvalue weighted by Crippen LogP contribution is -2.59. The van der Waals surface area contributed by atoms with E-state index < -0.39 is 38.8 Å². The molecule has 0 N–H and O–H groups in total. The Morgan fingerprint density at radius 2 is 1.69 bits per heavy atom. The molecule has 0 saturated carbocycles. The summed E-state index contributed by atoms with van der Waals surface area (Å²) in [6.45, 7) is 0.0704. The van der Waals surface area contributed by atoms with Gasteiger partial charge in [0.25, 0.3) is 0 Å². The lowest BCUT2D eigenvalue weighted by molar-refractivity contribution is 0.119. The summed E-state index contributed by atoms with van der Waals surface area (Å²) < 4.78 is 53.3. The molecule has 2 aromatic carbocycles. The predicted molar refractivity (Wildman–Crippen MR) is 106 cm³/mol. The van der Waals surface area contributed by atoms with E-state index in [9.17, 15) is 22.0 Å². The largest absolute Gasteiger partial charge is 0.341 e. The third kappa shape index (κ3) is 3.78. The third-order valence-electron chi connectivity index (χ3n) is 5.00. The number of hydrogen-bond acceptors (Lipinski definition) is 4. The third-order valence-corrected chi connectivity index (χ3v) is 7.63. The molecular formula is C19H16BrF2N3O3S. The zero-order valence-electron chi connectivity index (χ0n) is 15.0. The van der Waals surface area contributed by atoms with E-state index in [2.05, 4.69) is 21.0 Å². The van der Waals surface area contributed by atoms with Crippen LogP contribution < -0.4 is 0 Å². The summed E-state index contributed by atoms with van der Waals surface area (Å²) in [5.41, 5.74) is 0.299. The van der Waals surface area contributed by atoms with Crippen molar-refractivity contribution >= 4 is 38.0 Å². The molecule has 29 heavy (non-hydrogen) atoms. The fourth-order valence-corrected chi connectivity index (χ4v) is 5.31. The molecule has 1 saturated heterocycles. The second kappa shape index (κ2) is 7.49. The molecule has 1 unspecified atom stereocenters. The Hall–Kier alpha value is -2.33. The number of hydrazone groups is 1. The lowest BCUT2D eigenvalue weighted by Gasteiger charge is -2.40. The molecule has 2 aliphatic heterocycles. The van der Waals surface area contributed by atoms with Crippen molar-refractivity contribution in [1.29, 1.82) is 0 Å². The van der Waals surface area contributed by atoms with Crippen LogP contribution in [0.1, 0.15) is 18.0 Å². The van der Waals surface area contributed by atoms with Crippen LogP contribution in [0.5, 0.6) is 0 Å². The molecule has 6 nitrogen and oxygen atoms in total. The van der Waals surface area contributed by atoms with Crippen LogP contribution in [0, 0.1) is 11.6 Å². The zero-order valence-corrected chi connectivity index (χ0v) is 17.4. The van der Waals surface area contributed by atoms with Gasteiger partial charge in [-0.2, -0.15) is 5.10 Å². The summed E-state index contributed by atoms with van der Waals surface area (Å²) in [5, 5.41) is 4.47. The maximum absolute atomic E-state index is 13.5. The van der Waals surface area contributed by atoms with E-state index in [1.165, 1.54) is 35.4 Å². The fraction of sp³-hybridized carbons (Fsp3) is 0.263. The Morgan fingerprint density at radius 1 is 1.07 bits per heavy atom. The lowest BCUT2D eigenvalue weighted by atomic mass is 10.0. The Bertz CT molecular complexity index is 1070. The van der Waals surface area contributed by atoms with Gasteiger partial charge in [0, 0.05) is 36.3 Å². The first-order valence-corrected chi connectivity index (χ1v) is 11.2. The highest BCUT2D eigenvalue weighted by atomic mass is 79.9. The number of likely N-dealkylation sites (tertiary alicyclic amines) is 1. The van der Waals surface area contributed by atoms with E-state index in [0.717, 1.165) is 15.5 Å². The van der Waals surface area contributed by atoms with Gasteiger partial charge < -0.3 is 4.90 Å². The first-order valence-electron chi connectivity index (χ1n) is 8.82.